The maximum atomic E-state index is 6.65. The molecule has 0 heterocycles. The van der Waals surface area contributed by atoms with Gasteiger partial charge in [-0.1, -0.05) is 48.6 Å². The molecule has 1 aromatic rings. The monoisotopic (exact) mass is 270 g/mol. The molecule has 0 saturated heterocycles. The summed E-state index contributed by atoms with van der Waals surface area (Å²) in [5.74, 6) is 9.90. The number of halogens is 1. The van der Waals surface area contributed by atoms with E-state index < -0.39 is 0 Å². The third kappa shape index (κ3) is 2.09. The van der Waals surface area contributed by atoms with E-state index in [4.69, 9.17) is 11.6 Å². The molecular formula is C18H19Cl. The van der Waals surface area contributed by atoms with Gasteiger partial charge in [-0.15, -0.1) is 11.6 Å². The van der Waals surface area contributed by atoms with Crippen LogP contribution in [0.5, 0.6) is 0 Å². The van der Waals surface area contributed by atoms with Crippen LogP contribution in [0.15, 0.2) is 30.3 Å². The molecule has 0 amide bonds. The molecule has 0 aliphatic heterocycles. The zero-order valence-electron chi connectivity index (χ0n) is 11.1. The number of alkyl halides is 1. The second kappa shape index (κ2) is 4.29. The van der Waals surface area contributed by atoms with Crippen molar-refractivity contribution >= 4 is 11.6 Å². The van der Waals surface area contributed by atoms with Crippen LogP contribution < -0.4 is 0 Å². The van der Waals surface area contributed by atoms with E-state index in [1.165, 1.54) is 31.2 Å². The van der Waals surface area contributed by atoms with E-state index in [1.54, 1.807) is 0 Å². The lowest BCUT2D eigenvalue weighted by atomic mass is 9.89. The van der Waals surface area contributed by atoms with Gasteiger partial charge in [0.05, 0.1) is 0 Å². The van der Waals surface area contributed by atoms with Crippen molar-refractivity contribution in [3.63, 3.8) is 0 Å². The normalized spacial score (nSPS) is 42.8. The van der Waals surface area contributed by atoms with Crippen molar-refractivity contribution in [2.24, 2.45) is 17.8 Å². The van der Waals surface area contributed by atoms with Gasteiger partial charge in [-0.05, 0) is 43.1 Å². The molecule has 0 aromatic heterocycles. The molecule has 3 aliphatic rings. The third-order valence-corrected chi connectivity index (χ3v) is 5.81. The lowest BCUT2D eigenvalue weighted by molar-refractivity contribution is 0.405. The fourth-order valence-electron chi connectivity index (χ4n) is 4.08. The van der Waals surface area contributed by atoms with Gasteiger partial charge in [-0.2, -0.15) is 0 Å². The Morgan fingerprint density at radius 2 is 1.95 bits per heavy atom. The van der Waals surface area contributed by atoms with Gasteiger partial charge < -0.3 is 0 Å². The first kappa shape index (κ1) is 11.9. The molecule has 3 fully saturated rings. The van der Waals surface area contributed by atoms with Crippen LogP contribution in [0.3, 0.4) is 0 Å². The lowest BCUT2D eigenvalue weighted by Gasteiger charge is -2.15. The summed E-state index contributed by atoms with van der Waals surface area (Å²) >= 11 is 6.65. The van der Waals surface area contributed by atoms with Gasteiger partial charge in [-0.25, -0.2) is 0 Å². The Balaban J connectivity index is 1.47. The average molecular weight is 271 g/mol. The van der Waals surface area contributed by atoms with Crippen LogP contribution in [0.4, 0.5) is 0 Å². The van der Waals surface area contributed by atoms with Crippen molar-refractivity contribution in [2.45, 2.75) is 42.9 Å². The van der Waals surface area contributed by atoms with E-state index >= 15 is 0 Å². The molecule has 3 aliphatic carbocycles. The van der Waals surface area contributed by atoms with Crippen molar-refractivity contribution in [1.82, 2.24) is 0 Å². The molecule has 0 nitrogen and oxygen atoms in total. The van der Waals surface area contributed by atoms with Gasteiger partial charge in [-0.3, -0.25) is 0 Å². The summed E-state index contributed by atoms with van der Waals surface area (Å²) in [5.41, 5.74) is 1.35. The molecule has 0 radical (unpaired) electrons. The van der Waals surface area contributed by atoms with Crippen LogP contribution in [0.25, 0.3) is 0 Å². The molecule has 1 aromatic carbocycles. The fourth-order valence-corrected chi connectivity index (χ4v) is 4.41. The minimum atomic E-state index is -0.261. The van der Waals surface area contributed by atoms with E-state index in [9.17, 15) is 0 Å². The lowest BCUT2D eigenvalue weighted by Crippen LogP contribution is -2.09. The minimum absolute atomic E-state index is 0.261. The number of benzene rings is 1. The molecule has 5 unspecified atom stereocenters. The predicted octanol–water partition coefficient (Wildman–Crippen LogP) is 4.59. The molecule has 0 N–H and O–H groups in total. The second-order valence-corrected chi connectivity index (χ2v) is 7.26. The van der Waals surface area contributed by atoms with Gasteiger partial charge in [0.2, 0.25) is 0 Å². The Bertz CT molecular complexity index is 538. The molecular weight excluding hydrogens is 252 g/mol. The van der Waals surface area contributed by atoms with Crippen LogP contribution in [0.1, 0.15) is 43.6 Å². The Morgan fingerprint density at radius 1 is 1.11 bits per heavy atom. The van der Waals surface area contributed by atoms with Crippen molar-refractivity contribution in [3.05, 3.63) is 35.9 Å². The first-order valence-corrected chi connectivity index (χ1v) is 7.89. The predicted molar refractivity (Wildman–Crippen MR) is 79.1 cm³/mol. The molecule has 0 spiro atoms. The van der Waals surface area contributed by atoms with Crippen molar-refractivity contribution in [3.8, 4) is 11.8 Å². The van der Waals surface area contributed by atoms with Crippen molar-refractivity contribution < 1.29 is 0 Å². The zero-order chi connectivity index (χ0) is 12.9. The number of rotatable bonds is 1. The first-order chi connectivity index (χ1) is 9.24. The van der Waals surface area contributed by atoms with Crippen LogP contribution in [-0.4, -0.2) is 4.87 Å². The largest absolute Gasteiger partial charge is 0.112 e. The highest BCUT2D eigenvalue weighted by atomic mass is 35.5. The molecule has 19 heavy (non-hydrogen) atoms. The second-order valence-electron chi connectivity index (χ2n) is 6.58. The summed E-state index contributed by atoms with van der Waals surface area (Å²) < 4.78 is 0. The summed E-state index contributed by atoms with van der Waals surface area (Å²) in [5, 5.41) is 0. The highest BCUT2D eigenvalue weighted by molar-refractivity contribution is 6.29. The molecule has 4 rings (SSSR count). The Morgan fingerprint density at radius 3 is 2.63 bits per heavy atom. The summed E-state index contributed by atoms with van der Waals surface area (Å²) in [7, 11) is 0. The van der Waals surface area contributed by atoms with Crippen LogP contribution in [-0.2, 0) is 0 Å². The zero-order valence-corrected chi connectivity index (χ0v) is 11.9. The molecule has 5 atom stereocenters. The summed E-state index contributed by atoms with van der Waals surface area (Å²) in [6, 6.07) is 10.6. The Labute approximate surface area is 120 Å². The quantitative estimate of drug-likeness (QED) is 0.517. The van der Waals surface area contributed by atoms with Crippen molar-refractivity contribution in [2.75, 3.05) is 0 Å². The SMILES string of the molecule is ClC1(C#CC2CC3CCC2C3)CC1c1ccccc1. The van der Waals surface area contributed by atoms with Gasteiger partial charge >= 0.3 is 0 Å². The van der Waals surface area contributed by atoms with Gasteiger partial charge in [0.25, 0.3) is 0 Å². The number of fused-ring (bicyclic) bond motifs is 2. The molecule has 1 heteroatoms. The molecule has 3 saturated carbocycles. The summed E-state index contributed by atoms with van der Waals surface area (Å²) in [6.07, 6.45) is 6.63. The van der Waals surface area contributed by atoms with E-state index in [2.05, 4.69) is 42.2 Å². The smallest absolute Gasteiger partial charge is 0.104 e. The summed E-state index contributed by atoms with van der Waals surface area (Å²) in [4.78, 5) is -0.261. The van der Waals surface area contributed by atoms with Gasteiger partial charge in [0.15, 0.2) is 0 Å². The van der Waals surface area contributed by atoms with E-state index in [-0.39, 0.29) is 4.87 Å². The van der Waals surface area contributed by atoms with E-state index in [0.717, 1.165) is 18.3 Å². The first-order valence-electron chi connectivity index (χ1n) is 7.51. The average Bonchev–Trinajstić information content (AvgIpc) is 2.80. The number of hydrogen-bond acceptors (Lipinski definition) is 0. The van der Waals surface area contributed by atoms with E-state index in [1.807, 2.05) is 0 Å². The van der Waals surface area contributed by atoms with Gasteiger partial charge in [0.1, 0.15) is 4.87 Å². The Kier molecular flexibility index (Phi) is 2.68. The number of hydrogen-bond donors (Lipinski definition) is 0. The maximum absolute atomic E-state index is 6.65. The maximum Gasteiger partial charge on any atom is 0.112 e. The van der Waals surface area contributed by atoms with Crippen LogP contribution in [0, 0.1) is 29.6 Å². The van der Waals surface area contributed by atoms with Gasteiger partial charge in [0, 0.05) is 11.8 Å². The standard InChI is InChI=1S/C18H19Cl/c19-18(12-17(18)14-4-2-1-3-5-14)9-8-16-11-13-6-7-15(16)10-13/h1-5,13,15-17H,6-7,10-12H2. The van der Waals surface area contributed by atoms with Crippen LogP contribution in [0.2, 0.25) is 0 Å². The minimum Gasteiger partial charge on any atom is -0.104 e. The topological polar surface area (TPSA) is 0 Å². The highest BCUT2D eigenvalue weighted by Crippen LogP contribution is 2.56. The summed E-state index contributed by atoms with van der Waals surface area (Å²) in [6.45, 7) is 0. The highest BCUT2D eigenvalue weighted by Gasteiger charge is 2.53. The van der Waals surface area contributed by atoms with E-state index in [0.29, 0.717) is 11.8 Å². The van der Waals surface area contributed by atoms with Crippen LogP contribution >= 0.6 is 11.6 Å². The molecule has 98 valence electrons. The molecule has 2 bridgehead atoms. The Hall–Kier alpha value is -0.930. The van der Waals surface area contributed by atoms with Crippen molar-refractivity contribution in [1.29, 1.82) is 0 Å². The fraction of sp³-hybridized carbons (Fsp3) is 0.556. The third-order valence-electron chi connectivity index (χ3n) is 5.30.